The van der Waals surface area contributed by atoms with Gasteiger partial charge in [0.05, 0.1) is 12.4 Å². The van der Waals surface area contributed by atoms with E-state index < -0.39 is 0 Å². The number of imidazole rings is 1. The lowest BCUT2D eigenvalue weighted by atomic mass is 10.1. The van der Waals surface area contributed by atoms with Gasteiger partial charge in [0.1, 0.15) is 0 Å². The first kappa shape index (κ1) is 26.3. The summed E-state index contributed by atoms with van der Waals surface area (Å²) in [5, 5.41) is 13.5. The molecule has 0 aliphatic rings. The number of fused-ring (bicyclic) bond motifs is 1. The van der Waals surface area contributed by atoms with Crippen molar-refractivity contribution in [1.29, 1.82) is 0 Å². The van der Waals surface area contributed by atoms with Gasteiger partial charge >= 0.3 is 5.69 Å². The molecule has 0 fully saturated rings. The summed E-state index contributed by atoms with van der Waals surface area (Å²) in [6.07, 6.45) is 14.7. The van der Waals surface area contributed by atoms with Crippen LogP contribution in [-0.4, -0.2) is 43.0 Å². The largest absolute Gasteiger partial charge is 0.392 e. The fraction of sp³-hybridized carbons (Fsp3) is 0.792. The maximum absolute atomic E-state index is 12.7. The Morgan fingerprint density at radius 1 is 0.969 bits per heavy atom. The van der Waals surface area contributed by atoms with Crippen molar-refractivity contribution in [3.05, 3.63) is 27.2 Å². The molecule has 0 saturated heterocycles. The predicted octanol–water partition coefficient (Wildman–Crippen LogP) is 3.09. The molecule has 0 radical (unpaired) electrons. The molecule has 0 aromatic carbocycles. The number of aliphatic hydroxyl groups excluding tert-OH is 1. The third kappa shape index (κ3) is 7.89. The monoisotopic (exact) mass is 449 g/mol. The van der Waals surface area contributed by atoms with E-state index in [1.165, 1.54) is 47.7 Å². The van der Waals surface area contributed by atoms with Crippen LogP contribution in [0.25, 0.3) is 11.2 Å². The maximum atomic E-state index is 12.7. The molecule has 2 heterocycles. The molecule has 0 bridgehead atoms. The highest BCUT2D eigenvalue weighted by Gasteiger charge is 2.14. The molecular weight excluding hydrogens is 406 g/mol. The van der Waals surface area contributed by atoms with Crippen LogP contribution in [0.1, 0.15) is 84.0 Å². The summed E-state index contributed by atoms with van der Waals surface area (Å²) in [5.41, 5.74) is 0.322. The van der Waals surface area contributed by atoms with Crippen LogP contribution in [0.4, 0.5) is 0 Å². The van der Waals surface area contributed by atoms with Crippen LogP contribution in [0.2, 0.25) is 0 Å². The van der Waals surface area contributed by atoms with Gasteiger partial charge in [0, 0.05) is 27.2 Å². The maximum Gasteiger partial charge on any atom is 0.332 e. The van der Waals surface area contributed by atoms with Gasteiger partial charge in [-0.05, 0) is 25.8 Å². The zero-order chi connectivity index (χ0) is 23.3. The molecular formula is C24H43N5O3. The molecule has 0 aliphatic carbocycles. The molecule has 1 unspecified atom stereocenters. The Kier molecular flexibility index (Phi) is 11.7. The number of aryl methyl sites for hydroxylation is 2. The average Bonchev–Trinajstić information content (AvgIpc) is 3.17. The predicted molar refractivity (Wildman–Crippen MR) is 130 cm³/mol. The standard InChI is InChI=1S/C24H43N5O3/c1-4-5-6-7-10-13-16-25-18-20(30)15-12-9-8-11-14-17-29-23(31)21-22(26-19-27(21)2)28(3)24(29)32/h19-20,25,30H,4-18H2,1-3H3. The highest BCUT2D eigenvalue weighted by atomic mass is 16.3. The lowest BCUT2D eigenvalue weighted by molar-refractivity contribution is 0.158. The van der Waals surface area contributed by atoms with Gasteiger partial charge in [-0.2, -0.15) is 0 Å². The van der Waals surface area contributed by atoms with E-state index in [-0.39, 0.29) is 17.4 Å². The van der Waals surface area contributed by atoms with Crippen LogP contribution >= 0.6 is 0 Å². The van der Waals surface area contributed by atoms with Gasteiger partial charge in [0.15, 0.2) is 11.2 Å². The van der Waals surface area contributed by atoms with Gasteiger partial charge in [0.2, 0.25) is 0 Å². The lowest BCUT2D eigenvalue weighted by Gasteiger charge is -2.12. The number of unbranched alkanes of at least 4 members (excludes halogenated alkanes) is 9. The summed E-state index contributed by atoms with van der Waals surface area (Å²) >= 11 is 0. The summed E-state index contributed by atoms with van der Waals surface area (Å²) in [5.74, 6) is 0. The molecule has 0 amide bonds. The molecule has 2 aromatic heterocycles. The van der Waals surface area contributed by atoms with Gasteiger partial charge in [-0.15, -0.1) is 0 Å². The van der Waals surface area contributed by atoms with Crippen LogP contribution in [0.5, 0.6) is 0 Å². The van der Waals surface area contributed by atoms with Crippen molar-refractivity contribution >= 4 is 11.2 Å². The molecule has 2 N–H and O–H groups in total. The Hall–Kier alpha value is -1.93. The first-order valence-electron chi connectivity index (χ1n) is 12.5. The Balaban J connectivity index is 1.56. The smallest absolute Gasteiger partial charge is 0.332 e. The van der Waals surface area contributed by atoms with Gasteiger partial charge < -0.3 is 15.0 Å². The van der Waals surface area contributed by atoms with Crippen molar-refractivity contribution in [2.24, 2.45) is 14.1 Å². The minimum atomic E-state index is -0.308. The Bertz CT molecular complexity index is 915. The van der Waals surface area contributed by atoms with Gasteiger partial charge in [0.25, 0.3) is 5.56 Å². The van der Waals surface area contributed by atoms with Crippen molar-refractivity contribution in [2.45, 2.75) is 96.6 Å². The van der Waals surface area contributed by atoms with Crippen molar-refractivity contribution in [1.82, 2.24) is 24.0 Å². The summed E-state index contributed by atoms with van der Waals surface area (Å²) in [7, 11) is 3.42. The number of hydrogen-bond donors (Lipinski definition) is 2. The van der Waals surface area contributed by atoms with Crippen LogP contribution in [-0.2, 0) is 20.6 Å². The quantitative estimate of drug-likeness (QED) is 0.362. The highest BCUT2D eigenvalue weighted by Crippen LogP contribution is 2.09. The van der Waals surface area contributed by atoms with Gasteiger partial charge in [-0.25, -0.2) is 9.78 Å². The fourth-order valence-electron chi connectivity index (χ4n) is 4.17. The van der Waals surface area contributed by atoms with E-state index in [4.69, 9.17) is 0 Å². The molecule has 8 heteroatoms. The molecule has 8 nitrogen and oxygen atoms in total. The van der Waals surface area contributed by atoms with Crippen molar-refractivity contribution < 1.29 is 5.11 Å². The normalized spacial score (nSPS) is 12.6. The minimum Gasteiger partial charge on any atom is -0.392 e. The number of rotatable bonds is 17. The summed E-state index contributed by atoms with van der Waals surface area (Å²) in [6.45, 7) is 4.33. The fourth-order valence-corrected chi connectivity index (χ4v) is 4.17. The highest BCUT2D eigenvalue weighted by molar-refractivity contribution is 5.69. The van der Waals surface area contributed by atoms with Crippen molar-refractivity contribution in [2.75, 3.05) is 13.1 Å². The molecule has 32 heavy (non-hydrogen) atoms. The second kappa shape index (κ2) is 14.3. The van der Waals surface area contributed by atoms with E-state index in [2.05, 4.69) is 17.2 Å². The summed E-state index contributed by atoms with van der Waals surface area (Å²) < 4.78 is 4.43. The Morgan fingerprint density at radius 2 is 1.62 bits per heavy atom. The third-order valence-electron chi connectivity index (χ3n) is 6.21. The number of nitrogens with zero attached hydrogens (tertiary/aromatic N) is 4. The lowest BCUT2D eigenvalue weighted by Crippen LogP contribution is -2.39. The van der Waals surface area contributed by atoms with Crippen molar-refractivity contribution in [3.8, 4) is 0 Å². The van der Waals surface area contributed by atoms with E-state index in [1.807, 2.05) is 0 Å². The minimum absolute atomic E-state index is 0.264. The van der Waals surface area contributed by atoms with E-state index in [0.29, 0.717) is 24.3 Å². The van der Waals surface area contributed by atoms with Gasteiger partial charge in [-0.1, -0.05) is 64.7 Å². The Labute approximate surface area is 191 Å². The zero-order valence-electron chi connectivity index (χ0n) is 20.3. The number of aliphatic hydroxyl groups is 1. The van der Waals surface area contributed by atoms with Crippen LogP contribution in [0, 0.1) is 0 Å². The number of nitrogens with one attached hydrogen (secondary N) is 1. The molecule has 0 spiro atoms. The van der Waals surface area contributed by atoms with E-state index in [1.54, 1.807) is 25.0 Å². The first-order chi connectivity index (χ1) is 15.5. The van der Waals surface area contributed by atoms with Crippen LogP contribution < -0.4 is 16.6 Å². The van der Waals surface area contributed by atoms with E-state index in [0.717, 1.165) is 45.1 Å². The molecule has 182 valence electrons. The summed E-state index contributed by atoms with van der Waals surface area (Å²) in [6, 6.07) is 0. The second-order valence-electron chi connectivity index (χ2n) is 9.01. The first-order valence-corrected chi connectivity index (χ1v) is 12.5. The molecule has 2 rings (SSSR count). The molecule has 2 aromatic rings. The second-order valence-corrected chi connectivity index (χ2v) is 9.01. The molecule has 0 saturated carbocycles. The van der Waals surface area contributed by atoms with Crippen LogP contribution in [0.3, 0.4) is 0 Å². The SMILES string of the molecule is CCCCCCCCNCC(O)CCCCCCCn1c(=O)c2c(ncn2C)n(C)c1=O. The summed E-state index contributed by atoms with van der Waals surface area (Å²) in [4.78, 5) is 29.3. The Morgan fingerprint density at radius 3 is 2.38 bits per heavy atom. The van der Waals surface area contributed by atoms with Crippen LogP contribution in [0.15, 0.2) is 15.9 Å². The van der Waals surface area contributed by atoms with E-state index >= 15 is 0 Å². The number of hydrogen-bond acceptors (Lipinski definition) is 5. The third-order valence-corrected chi connectivity index (χ3v) is 6.21. The van der Waals surface area contributed by atoms with E-state index in [9.17, 15) is 14.7 Å². The topological polar surface area (TPSA) is 94.1 Å². The average molecular weight is 450 g/mol. The van der Waals surface area contributed by atoms with Gasteiger partial charge in [-0.3, -0.25) is 13.9 Å². The zero-order valence-corrected chi connectivity index (χ0v) is 20.3. The molecule has 1 atom stereocenters. The van der Waals surface area contributed by atoms with Crippen molar-refractivity contribution in [3.63, 3.8) is 0 Å². The molecule has 0 aliphatic heterocycles. The number of aromatic nitrogens is 4.